The monoisotopic (exact) mass is 581 g/mol. The Hall–Kier alpha value is -4.05. The van der Waals surface area contributed by atoms with Crippen LogP contribution in [-0.2, 0) is 32.8 Å². The Labute approximate surface area is 243 Å². The van der Waals surface area contributed by atoms with Crippen LogP contribution in [0.1, 0.15) is 37.8 Å². The first-order valence-electron chi connectivity index (χ1n) is 13.6. The van der Waals surface area contributed by atoms with E-state index in [9.17, 15) is 18.0 Å². The maximum Gasteiger partial charge on any atom is 0.244 e. The minimum absolute atomic E-state index is 0.120. The van der Waals surface area contributed by atoms with Crippen LogP contribution < -0.4 is 19.1 Å². The number of hydrogen-bond acceptors (Lipinski definition) is 6. The first-order chi connectivity index (χ1) is 19.6. The van der Waals surface area contributed by atoms with Gasteiger partial charge in [0.25, 0.3) is 0 Å². The van der Waals surface area contributed by atoms with Crippen LogP contribution in [0.15, 0.2) is 78.9 Å². The van der Waals surface area contributed by atoms with E-state index in [1.807, 2.05) is 49.4 Å². The van der Waals surface area contributed by atoms with Crippen LogP contribution in [0.3, 0.4) is 0 Å². The molecular formula is C31H39N3O6S. The molecular weight excluding hydrogens is 542 g/mol. The normalized spacial score (nSPS) is 11.8. The van der Waals surface area contributed by atoms with Crippen molar-refractivity contribution in [2.75, 3.05) is 30.8 Å². The van der Waals surface area contributed by atoms with Crippen molar-refractivity contribution in [3.8, 4) is 11.5 Å². The summed E-state index contributed by atoms with van der Waals surface area (Å²) in [7, 11) is -2.27. The highest BCUT2D eigenvalue weighted by Crippen LogP contribution is 2.23. The van der Waals surface area contributed by atoms with E-state index in [1.165, 1.54) is 4.90 Å². The van der Waals surface area contributed by atoms with Gasteiger partial charge in [0.05, 0.1) is 19.1 Å². The number of sulfonamides is 1. The second kappa shape index (κ2) is 15.1. The van der Waals surface area contributed by atoms with Crippen LogP contribution in [0.4, 0.5) is 5.69 Å². The van der Waals surface area contributed by atoms with Gasteiger partial charge in [0.1, 0.15) is 30.7 Å². The summed E-state index contributed by atoms with van der Waals surface area (Å²) in [5.74, 6) is 0.423. The second-order valence-corrected chi connectivity index (χ2v) is 11.6. The maximum absolute atomic E-state index is 13.7. The van der Waals surface area contributed by atoms with Gasteiger partial charge < -0.3 is 19.7 Å². The van der Waals surface area contributed by atoms with Crippen LogP contribution in [0.2, 0.25) is 0 Å². The van der Waals surface area contributed by atoms with Gasteiger partial charge in [-0.25, -0.2) is 8.42 Å². The summed E-state index contributed by atoms with van der Waals surface area (Å²) >= 11 is 0. The lowest BCUT2D eigenvalue weighted by Gasteiger charge is -2.31. The van der Waals surface area contributed by atoms with Crippen LogP contribution >= 0.6 is 0 Å². The minimum Gasteiger partial charge on any atom is -0.497 e. The molecule has 0 aliphatic rings. The molecule has 0 aliphatic carbocycles. The van der Waals surface area contributed by atoms with Crippen molar-refractivity contribution >= 4 is 27.5 Å². The van der Waals surface area contributed by atoms with Crippen molar-refractivity contribution in [3.63, 3.8) is 0 Å². The molecule has 3 rings (SSSR count). The lowest BCUT2D eigenvalue weighted by molar-refractivity contribution is -0.139. The Bertz CT molecular complexity index is 1360. The summed E-state index contributed by atoms with van der Waals surface area (Å²) in [5, 5.41) is 2.87. The zero-order valence-electron chi connectivity index (χ0n) is 24.1. The molecule has 0 bridgehead atoms. The number of ether oxygens (including phenoxy) is 2. The Morgan fingerprint density at radius 3 is 2.12 bits per heavy atom. The first kappa shape index (κ1) is 31.5. The molecule has 1 N–H and O–H groups in total. The van der Waals surface area contributed by atoms with E-state index in [0.29, 0.717) is 30.3 Å². The van der Waals surface area contributed by atoms with E-state index in [-0.39, 0.29) is 12.5 Å². The molecule has 0 heterocycles. The highest BCUT2D eigenvalue weighted by atomic mass is 32.2. The fourth-order valence-corrected chi connectivity index (χ4v) is 4.96. The molecule has 3 aromatic carbocycles. The van der Waals surface area contributed by atoms with Crippen LogP contribution in [0.25, 0.3) is 0 Å². The predicted molar refractivity (Wildman–Crippen MR) is 160 cm³/mol. The van der Waals surface area contributed by atoms with Gasteiger partial charge in [0.15, 0.2) is 0 Å². The van der Waals surface area contributed by atoms with Gasteiger partial charge in [0, 0.05) is 13.1 Å². The van der Waals surface area contributed by atoms with E-state index in [2.05, 4.69) is 5.32 Å². The van der Waals surface area contributed by atoms with E-state index >= 15 is 0 Å². The topological polar surface area (TPSA) is 105 Å². The number of methoxy groups -OCH3 is 1. The lowest BCUT2D eigenvalue weighted by Crippen LogP contribution is -2.51. The van der Waals surface area contributed by atoms with Crippen molar-refractivity contribution in [1.82, 2.24) is 10.2 Å². The number of carbonyl (C=O) groups is 2. The molecule has 0 saturated heterocycles. The van der Waals surface area contributed by atoms with Gasteiger partial charge in [0.2, 0.25) is 21.8 Å². The lowest BCUT2D eigenvalue weighted by atomic mass is 10.1. The molecule has 220 valence electrons. The molecule has 3 aromatic rings. The number of benzene rings is 3. The molecule has 41 heavy (non-hydrogen) atoms. The van der Waals surface area contributed by atoms with Crippen LogP contribution in [-0.4, -0.2) is 57.6 Å². The molecule has 0 spiro atoms. The highest BCUT2D eigenvalue weighted by molar-refractivity contribution is 7.92. The molecule has 0 radical (unpaired) electrons. The molecule has 10 heteroatoms. The quantitative estimate of drug-likeness (QED) is 0.267. The van der Waals surface area contributed by atoms with E-state index in [1.54, 1.807) is 50.4 Å². The third-order valence-corrected chi connectivity index (χ3v) is 7.70. The molecule has 0 unspecified atom stereocenters. The Morgan fingerprint density at radius 1 is 0.902 bits per heavy atom. The summed E-state index contributed by atoms with van der Waals surface area (Å²) in [6.45, 7) is 4.19. The molecule has 9 nitrogen and oxygen atoms in total. The van der Waals surface area contributed by atoms with Crippen LogP contribution in [0, 0.1) is 0 Å². The van der Waals surface area contributed by atoms with Gasteiger partial charge in [-0.3, -0.25) is 13.9 Å². The minimum atomic E-state index is -3.83. The number of nitrogens with zero attached hydrogens (tertiary/aromatic N) is 2. The summed E-state index contributed by atoms with van der Waals surface area (Å²) in [6, 6.07) is 22.6. The van der Waals surface area contributed by atoms with Crippen molar-refractivity contribution in [3.05, 3.63) is 90.0 Å². The number of nitrogens with one attached hydrogen (secondary N) is 1. The van der Waals surface area contributed by atoms with Crippen molar-refractivity contribution in [1.29, 1.82) is 0 Å². The van der Waals surface area contributed by atoms with Crippen molar-refractivity contribution < 1.29 is 27.5 Å². The number of rotatable bonds is 15. The number of anilines is 1. The van der Waals surface area contributed by atoms with E-state index in [4.69, 9.17) is 9.47 Å². The molecule has 2 amide bonds. The molecule has 1 atom stereocenters. The van der Waals surface area contributed by atoms with Gasteiger partial charge in [-0.15, -0.1) is 0 Å². The largest absolute Gasteiger partial charge is 0.497 e. The number of amides is 2. The number of carbonyl (C=O) groups excluding carboxylic acids is 2. The third kappa shape index (κ3) is 9.53. The highest BCUT2D eigenvalue weighted by Gasteiger charge is 2.30. The summed E-state index contributed by atoms with van der Waals surface area (Å²) in [5.41, 5.74) is 2.10. The maximum atomic E-state index is 13.7. The standard InChI is InChI=1S/C31H39N3O6S/c1-5-6-20-32-31(36)24(2)33(21-25-12-16-28(39-3)17-13-25)30(35)22-34(41(4,37)38)27-14-18-29(19-15-27)40-23-26-10-8-7-9-11-26/h7-19,24H,5-6,20-23H2,1-4H3,(H,32,36)/t24-/m1/s1. The summed E-state index contributed by atoms with van der Waals surface area (Å²) in [6.07, 6.45) is 2.79. The van der Waals surface area contributed by atoms with Crippen molar-refractivity contribution in [2.24, 2.45) is 0 Å². The molecule has 0 aliphatic heterocycles. The smallest absolute Gasteiger partial charge is 0.244 e. The Morgan fingerprint density at radius 2 is 1.54 bits per heavy atom. The molecule has 0 fully saturated rings. The number of hydrogen-bond donors (Lipinski definition) is 1. The number of unbranched alkanes of at least 4 members (excludes halogenated alkanes) is 1. The first-order valence-corrected chi connectivity index (χ1v) is 15.4. The Balaban J connectivity index is 1.80. The van der Waals surface area contributed by atoms with Gasteiger partial charge in [-0.1, -0.05) is 55.8 Å². The summed E-state index contributed by atoms with van der Waals surface area (Å²) in [4.78, 5) is 28.0. The average Bonchev–Trinajstić information content (AvgIpc) is 2.97. The predicted octanol–water partition coefficient (Wildman–Crippen LogP) is 4.37. The van der Waals surface area contributed by atoms with E-state index in [0.717, 1.165) is 34.5 Å². The van der Waals surface area contributed by atoms with Crippen LogP contribution in [0.5, 0.6) is 11.5 Å². The van der Waals surface area contributed by atoms with Gasteiger partial charge >= 0.3 is 0 Å². The fourth-order valence-electron chi connectivity index (χ4n) is 4.11. The van der Waals surface area contributed by atoms with Crippen molar-refractivity contribution in [2.45, 2.75) is 45.9 Å². The van der Waals surface area contributed by atoms with E-state index < -0.39 is 28.5 Å². The van der Waals surface area contributed by atoms with Gasteiger partial charge in [-0.2, -0.15) is 0 Å². The zero-order chi connectivity index (χ0) is 29.8. The fraction of sp³-hybridized carbons (Fsp3) is 0.355. The Kier molecular flexibility index (Phi) is 11.6. The summed E-state index contributed by atoms with van der Waals surface area (Å²) < 4.78 is 37.7. The second-order valence-electron chi connectivity index (χ2n) is 9.73. The zero-order valence-corrected chi connectivity index (χ0v) is 24.9. The average molecular weight is 582 g/mol. The SMILES string of the molecule is CCCCNC(=O)[C@@H](C)N(Cc1ccc(OC)cc1)C(=O)CN(c1ccc(OCc2ccccc2)cc1)S(C)(=O)=O. The molecule has 0 saturated carbocycles. The third-order valence-electron chi connectivity index (χ3n) is 6.56. The molecule has 0 aromatic heterocycles. The van der Waals surface area contributed by atoms with Gasteiger partial charge in [-0.05, 0) is 60.9 Å².